The molecular formula is C17H21ClN4O3S2. The maximum atomic E-state index is 13.4. The highest BCUT2D eigenvalue weighted by Gasteiger charge is 2.23. The van der Waals surface area contributed by atoms with E-state index in [1.165, 1.54) is 6.07 Å². The van der Waals surface area contributed by atoms with E-state index in [1.54, 1.807) is 29.9 Å². The molecule has 146 valence electrons. The van der Waals surface area contributed by atoms with Crippen LogP contribution < -0.4 is 10.5 Å². The van der Waals surface area contributed by atoms with Crippen LogP contribution in [0.4, 0.5) is 0 Å². The molecule has 0 aliphatic heterocycles. The molecule has 27 heavy (non-hydrogen) atoms. The third-order valence-electron chi connectivity index (χ3n) is 3.44. The number of amides is 2. The molecule has 3 N–H and O–H groups in total. The largest absolute Gasteiger partial charge is 0.320 e. The average molecular weight is 429 g/mol. The van der Waals surface area contributed by atoms with Crippen LogP contribution in [0.2, 0.25) is 5.02 Å². The number of aromatic nitrogens is 1. The van der Waals surface area contributed by atoms with E-state index < -0.39 is 27.8 Å². The van der Waals surface area contributed by atoms with Crippen molar-refractivity contribution in [2.75, 3.05) is 0 Å². The standard InChI is InChI=1S/C17H21ClN4O3S2/c1-11(2)7-14(19)17(24)22-27(25,16-9-13(18)10-26-16)21-15(23)8-12-3-5-20-6-4-12/h3-6,9-11,14H,7-8,19H2,1-2H3,(H,21,22,23,24,25)/t14-,27?/m0/s1. The van der Waals surface area contributed by atoms with E-state index in [0.717, 1.165) is 11.3 Å². The van der Waals surface area contributed by atoms with Crippen molar-refractivity contribution in [3.8, 4) is 0 Å². The Morgan fingerprint density at radius 2 is 2.04 bits per heavy atom. The van der Waals surface area contributed by atoms with Crippen LogP contribution in [0.5, 0.6) is 0 Å². The number of hydrogen-bond donors (Lipinski definition) is 2. The minimum atomic E-state index is -3.53. The SMILES string of the molecule is CC(C)C[C@H](N)C(=O)N=S(=O)(NC(=O)Cc1ccncc1)c1cc(Cl)cs1. The van der Waals surface area contributed by atoms with Crippen molar-refractivity contribution >= 4 is 44.7 Å². The predicted molar refractivity (Wildman–Crippen MR) is 107 cm³/mol. The minimum Gasteiger partial charge on any atom is -0.320 e. The fourth-order valence-corrected chi connectivity index (χ4v) is 5.30. The molecule has 2 heterocycles. The van der Waals surface area contributed by atoms with E-state index in [2.05, 4.69) is 14.1 Å². The van der Waals surface area contributed by atoms with Gasteiger partial charge in [-0.25, -0.2) is 4.21 Å². The normalized spacial score (nSPS) is 14.4. The number of halogens is 1. The fourth-order valence-electron chi connectivity index (χ4n) is 2.24. The maximum Gasteiger partial charge on any atom is 0.272 e. The van der Waals surface area contributed by atoms with Gasteiger partial charge in [0.1, 0.15) is 4.21 Å². The number of carbonyl (C=O) groups excluding carboxylic acids is 2. The van der Waals surface area contributed by atoms with Crippen molar-refractivity contribution in [1.29, 1.82) is 0 Å². The fraction of sp³-hybridized carbons (Fsp3) is 0.353. The lowest BCUT2D eigenvalue weighted by Crippen LogP contribution is -2.35. The maximum absolute atomic E-state index is 13.4. The Balaban J connectivity index is 2.30. The third-order valence-corrected chi connectivity index (χ3v) is 7.08. The summed E-state index contributed by atoms with van der Waals surface area (Å²) in [6.45, 7) is 3.83. The molecule has 0 saturated heterocycles. The van der Waals surface area contributed by atoms with E-state index >= 15 is 0 Å². The third kappa shape index (κ3) is 6.39. The van der Waals surface area contributed by atoms with E-state index in [-0.39, 0.29) is 16.5 Å². The number of pyridine rings is 1. The Morgan fingerprint density at radius 1 is 1.37 bits per heavy atom. The second kappa shape index (κ2) is 9.41. The van der Waals surface area contributed by atoms with E-state index in [0.29, 0.717) is 17.0 Å². The topological polar surface area (TPSA) is 115 Å². The lowest BCUT2D eigenvalue weighted by atomic mass is 10.0. The quantitative estimate of drug-likeness (QED) is 0.703. The van der Waals surface area contributed by atoms with Crippen LogP contribution in [-0.4, -0.2) is 27.0 Å². The van der Waals surface area contributed by atoms with Crippen molar-refractivity contribution in [2.45, 2.75) is 36.9 Å². The van der Waals surface area contributed by atoms with Crippen molar-refractivity contribution in [2.24, 2.45) is 16.0 Å². The summed E-state index contributed by atoms with van der Waals surface area (Å²) in [6, 6.07) is 3.87. The van der Waals surface area contributed by atoms with Gasteiger partial charge in [0, 0.05) is 17.8 Å². The molecule has 0 aliphatic rings. The molecular weight excluding hydrogens is 408 g/mol. The van der Waals surface area contributed by atoms with E-state index in [1.807, 2.05) is 13.8 Å². The number of carbonyl (C=O) groups is 2. The van der Waals surface area contributed by atoms with Crippen LogP contribution in [0.1, 0.15) is 25.8 Å². The molecule has 0 spiro atoms. The van der Waals surface area contributed by atoms with Gasteiger partial charge in [0.15, 0.2) is 9.92 Å². The van der Waals surface area contributed by atoms with E-state index in [4.69, 9.17) is 17.3 Å². The second-order valence-corrected chi connectivity index (χ2v) is 9.82. The van der Waals surface area contributed by atoms with E-state index in [9.17, 15) is 13.8 Å². The van der Waals surface area contributed by atoms with Gasteiger partial charge in [-0.2, -0.15) is 0 Å². The Morgan fingerprint density at radius 3 is 2.59 bits per heavy atom. The molecule has 7 nitrogen and oxygen atoms in total. The van der Waals surface area contributed by atoms with Gasteiger partial charge < -0.3 is 5.73 Å². The minimum absolute atomic E-state index is 0.0274. The van der Waals surface area contributed by atoms with Crippen LogP contribution in [0, 0.1) is 5.92 Å². The second-order valence-electron chi connectivity index (χ2n) is 6.33. The number of nitrogens with zero attached hydrogens (tertiary/aromatic N) is 2. The molecule has 2 rings (SSSR count). The molecule has 2 atom stereocenters. The number of rotatable bonds is 7. The molecule has 2 aromatic heterocycles. The van der Waals surface area contributed by atoms with Gasteiger partial charge in [-0.05, 0) is 36.1 Å². The molecule has 0 aliphatic carbocycles. The Hall–Kier alpha value is -1.81. The predicted octanol–water partition coefficient (Wildman–Crippen LogP) is 2.80. The molecule has 2 amide bonds. The van der Waals surface area contributed by atoms with Gasteiger partial charge in [0.05, 0.1) is 17.5 Å². The molecule has 1 unspecified atom stereocenters. The van der Waals surface area contributed by atoms with Crippen molar-refractivity contribution in [3.63, 3.8) is 0 Å². The first kappa shape index (κ1) is 21.5. The van der Waals surface area contributed by atoms with Gasteiger partial charge in [0.2, 0.25) is 5.91 Å². The van der Waals surface area contributed by atoms with Gasteiger partial charge in [-0.15, -0.1) is 15.7 Å². The summed E-state index contributed by atoms with van der Waals surface area (Å²) >= 11 is 6.97. The summed E-state index contributed by atoms with van der Waals surface area (Å²) in [5, 5.41) is 1.90. The summed E-state index contributed by atoms with van der Waals surface area (Å²) in [6.07, 6.45) is 3.48. The first-order chi connectivity index (χ1) is 12.7. The number of nitrogens with one attached hydrogen (secondary N) is 1. The Labute approximate surface area is 167 Å². The van der Waals surface area contributed by atoms with Crippen molar-refractivity contribution < 1.29 is 13.8 Å². The first-order valence-corrected chi connectivity index (χ1v) is 11.0. The zero-order valence-electron chi connectivity index (χ0n) is 14.9. The van der Waals surface area contributed by atoms with Gasteiger partial charge in [-0.1, -0.05) is 25.4 Å². The van der Waals surface area contributed by atoms with Gasteiger partial charge >= 0.3 is 0 Å². The molecule has 0 aromatic carbocycles. The molecule has 10 heteroatoms. The van der Waals surface area contributed by atoms with Crippen LogP contribution >= 0.6 is 22.9 Å². The Bertz CT molecular complexity index is 921. The van der Waals surface area contributed by atoms with Crippen molar-refractivity contribution in [1.82, 2.24) is 9.71 Å². The zero-order chi connectivity index (χ0) is 20.0. The molecule has 0 saturated carbocycles. The van der Waals surface area contributed by atoms with Crippen LogP contribution in [0.3, 0.4) is 0 Å². The smallest absolute Gasteiger partial charge is 0.272 e. The number of nitrogens with two attached hydrogens (primary N) is 1. The monoisotopic (exact) mass is 428 g/mol. The van der Waals surface area contributed by atoms with Crippen LogP contribution in [0.25, 0.3) is 0 Å². The van der Waals surface area contributed by atoms with Crippen molar-refractivity contribution in [3.05, 3.63) is 46.6 Å². The summed E-state index contributed by atoms with van der Waals surface area (Å²) in [4.78, 5) is 28.6. The van der Waals surface area contributed by atoms with Crippen LogP contribution in [-0.2, 0) is 25.9 Å². The number of thiophene rings is 1. The summed E-state index contributed by atoms with van der Waals surface area (Å²) in [5.41, 5.74) is 6.54. The highest BCUT2D eigenvalue weighted by Crippen LogP contribution is 2.25. The van der Waals surface area contributed by atoms with Gasteiger partial charge in [0.25, 0.3) is 5.91 Å². The summed E-state index contributed by atoms with van der Waals surface area (Å²) in [7, 11) is -3.53. The molecule has 2 aromatic rings. The van der Waals surface area contributed by atoms with Crippen LogP contribution in [0.15, 0.2) is 44.5 Å². The lowest BCUT2D eigenvalue weighted by molar-refractivity contribution is -0.119. The Kier molecular flexibility index (Phi) is 7.49. The lowest BCUT2D eigenvalue weighted by Gasteiger charge is -2.13. The zero-order valence-corrected chi connectivity index (χ0v) is 17.3. The highest BCUT2D eigenvalue weighted by molar-refractivity contribution is 7.94. The molecule has 0 radical (unpaired) electrons. The summed E-state index contributed by atoms with van der Waals surface area (Å²) < 4.78 is 19.7. The molecule has 0 fully saturated rings. The van der Waals surface area contributed by atoms with Gasteiger partial charge in [-0.3, -0.25) is 19.3 Å². The average Bonchev–Trinajstić information content (AvgIpc) is 3.02. The molecule has 0 bridgehead atoms. The first-order valence-electron chi connectivity index (χ1n) is 8.19. The summed E-state index contributed by atoms with van der Waals surface area (Å²) in [5.74, 6) is -1.08. The number of hydrogen-bond acceptors (Lipinski definition) is 6. The highest BCUT2D eigenvalue weighted by atomic mass is 35.5.